The summed E-state index contributed by atoms with van der Waals surface area (Å²) >= 11 is 0. The van der Waals surface area contributed by atoms with Gasteiger partial charge in [-0.25, -0.2) is 13.1 Å². The Bertz CT molecular complexity index is 389. The highest BCUT2D eigenvalue weighted by atomic mass is 32.2. The van der Waals surface area contributed by atoms with E-state index in [1.165, 1.54) is 0 Å². The molecule has 1 aromatic heterocycles. The second-order valence-corrected chi connectivity index (χ2v) is 5.52. The Balaban J connectivity index is 2.45. The minimum atomic E-state index is -3.34. The summed E-state index contributed by atoms with van der Waals surface area (Å²) in [7, 11) is -3.34. The molecule has 0 fully saturated rings. The zero-order chi connectivity index (χ0) is 12.0. The highest BCUT2D eigenvalue weighted by Gasteiger charge is 2.20. The van der Waals surface area contributed by atoms with Crippen molar-refractivity contribution in [2.24, 2.45) is 0 Å². The van der Waals surface area contributed by atoms with Gasteiger partial charge in [0.2, 0.25) is 16.4 Å². The van der Waals surface area contributed by atoms with Crippen LogP contribution in [0.25, 0.3) is 0 Å². The number of nitrogens with zero attached hydrogens (tertiary/aromatic N) is 2. The van der Waals surface area contributed by atoms with Crippen molar-refractivity contribution < 1.29 is 12.9 Å². The Morgan fingerprint density at radius 1 is 1.56 bits per heavy atom. The van der Waals surface area contributed by atoms with E-state index in [-0.39, 0.29) is 6.54 Å². The van der Waals surface area contributed by atoms with Gasteiger partial charge in [-0.3, -0.25) is 0 Å². The van der Waals surface area contributed by atoms with Crippen molar-refractivity contribution in [3.63, 3.8) is 0 Å². The first kappa shape index (κ1) is 13.1. The molecule has 16 heavy (non-hydrogen) atoms. The van der Waals surface area contributed by atoms with E-state index in [1.807, 2.05) is 6.92 Å². The number of aromatic nitrogens is 2. The molecule has 0 aromatic carbocycles. The second kappa shape index (κ2) is 5.92. The Morgan fingerprint density at radius 3 is 2.88 bits per heavy atom. The van der Waals surface area contributed by atoms with Gasteiger partial charge >= 0.3 is 0 Å². The SMILES string of the molecule is CCNCC(C)S(=O)(=O)NCc1ncon1. The lowest BCUT2D eigenvalue weighted by Gasteiger charge is -2.13. The van der Waals surface area contributed by atoms with Crippen LogP contribution in [0.15, 0.2) is 10.9 Å². The standard InChI is InChI=1S/C8H16N4O3S/c1-3-9-4-7(2)16(13,14)11-5-8-10-6-15-12-8/h6-7,9,11H,3-5H2,1-2H3. The van der Waals surface area contributed by atoms with Crippen LogP contribution in [0, 0.1) is 0 Å². The normalized spacial score (nSPS) is 13.9. The quantitative estimate of drug-likeness (QED) is 0.674. The van der Waals surface area contributed by atoms with Crippen molar-refractivity contribution >= 4 is 10.0 Å². The number of hydrogen-bond acceptors (Lipinski definition) is 6. The van der Waals surface area contributed by atoms with Crippen molar-refractivity contribution in [2.45, 2.75) is 25.6 Å². The molecule has 0 aliphatic heterocycles. The molecular weight excluding hydrogens is 232 g/mol. The molecule has 1 atom stereocenters. The van der Waals surface area contributed by atoms with Gasteiger partial charge in [0.1, 0.15) is 0 Å². The summed E-state index contributed by atoms with van der Waals surface area (Å²) in [5.41, 5.74) is 0. The highest BCUT2D eigenvalue weighted by Crippen LogP contribution is 1.98. The van der Waals surface area contributed by atoms with E-state index in [2.05, 4.69) is 24.7 Å². The molecule has 0 bridgehead atoms. The first-order valence-corrected chi connectivity index (χ1v) is 6.55. The van der Waals surface area contributed by atoms with Crippen molar-refractivity contribution in [1.29, 1.82) is 0 Å². The van der Waals surface area contributed by atoms with Crippen LogP contribution in [0.4, 0.5) is 0 Å². The van der Waals surface area contributed by atoms with E-state index in [0.717, 1.165) is 12.9 Å². The lowest BCUT2D eigenvalue weighted by molar-refractivity contribution is 0.409. The van der Waals surface area contributed by atoms with Crippen molar-refractivity contribution in [2.75, 3.05) is 13.1 Å². The summed E-state index contributed by atoms with van der Waals surface area (Å²) in [6, 6.07) is 0. The van der Waals surface area contributed by atoms with Crippen LogP contribution in [0.2, 0.25) is 0 Å². The monoisotopic (exact) mass is 248 g/mol. The van der Waals surface area contributed by atoms with E-state index in [4.69, 9.17) is 0 Å². The third kappa shape index (κ3) is 3.87. The molecule has 0 amide bonds. The molecule has 0 saturated carbocycles. The van der Waals surface area contributed by atoms with Crippen molar-refractivity contribution in [1.82, 2.24) is 20.2 Å². The van der Waals surface area contributed by atoms with Gasteiger partial charge in [0.15, 0.2) is 5.82 Å². The van der Waals surface area contributed by atoms with E-state index < -0.39 is 15.3 Å². The lowest BCUT2D eigenvalue weighted by Crippen LogP contribution is -2.38. The number of sulfonamides is 1. The summed E-state index contributed by atoms with van der Waals surface area (Å²) in [6.07, 6.45) is 1.16. The van der Waals surface area contributed by atoms with Crippen molar-refractivity contribution in [3.05, 3.63) is 12.2 Å². The van der Waals surface area contributed by atoms with Gasteiger partial charge < -0.3 is 9.84 Å². The minimum Gasteiger partial charge on any atom is -0.343 e. The minimum absolute atomic E-state index is 0.0509. The predicted octanol–water partition coefficient (Wildman–Crippen LogP) is -0.513. The van der Waals surface area contributed by atoms with Gasteiger partial charge in [-0.1, -0.05) is 12.1 Å². The average Bonchev–Trinajstić information content (AvgIpc) is 2.76. The molecule has 1 heterocycles. The summed E-state index contributed by atoms with van der Waals surface area (Å²) in [6.45, 7) is 4.77. The van der Waals surface area contributed by atoms with Gasteiger partial charge in [-0.05, 0) is 13.5 Å². The molecule has 2 N–H and O–H groups in total. The second-order valence-electron chi connectivity index (χ2n) is 3.33. The summed E-state index contributed by atoms with van der Waals surface area (Å²) in [5.74, 6) is 0.319. The van der Waals surface area contributed by atoms with Gasteiger partial charge in [0.25, 0.3) is 0 Å². The van der Waals surface area contributed by atoms with Crippen LogP contribution in [0.5, 0.6) is 0 Å². The molecule has 92 valence electrons. The van der Waals surface area contributed by atoms with Crippen LogP contribution >= 0.6 is 0 Å². The van der Waals surface area contributed by atoms with Gasteiger partial charge in [-0.15, -0.1) is 0 Å². The number of rotatable bonds is 7. The summed E-state index contributed by atoms with van der Waals surface area (Å²) in [5, 5.41) is 5.99. The molecule has 1 unspecified atom stereocenters. The van der Waals surface area contributed by atoms with E-state index in [0.29, 0.717) is 12.4 Å². The molecule has 1 rings (SSSR count). The molecule has 7 nitrogen and oxygen atoms in total. The Kier molecular flexibility index (Phi) is 4.84. The van der Waals surface area contributed by atoms with Crippen LogP contribution in [0.1, 0.15) is 19.7 Å². The Hall–Kier alpha value is -0.990. The smallest absolute Gasteiger partial charge is 0.215 e. The fourth-order valence-electron chi connectivity index (χ4n) is 1.04. The molecule has 0 aliphatic rings. The first-order chi connectivity index (χ1) is 7.56. The maximum atomic E-state index is 11.7. The highest BCUT2D eigenvalue weighted by molar-refractivity contribution is 7.90. The zero-order valence-corrected chi connectivity index (χ0v) is 10.1. The van der Waals surface area contributed by atoms with E-state index in [9.17, 15) is 8.42 Å². The van der Waals surface area contributed by atoms with Crippen LogP contribution < -0.4 is 10.0 Å². The third-order valence-corrected chi connectivity index (χ3v) is 3.82. The zero-order valence-electron chi connectivity index (χ0n) is 9.30. The fourth-order valence-corrected chi connectivity index (χ4v) is 1.99. The molecule has 0 saturated heterocycles. The van der Waals surface area contributed by atoms with Crippen molar-refractivity contribution in [3.8, 4) is 0 Å². The molecule has 1 aromatic rings. The van der Waals surface area contributed by atoms with Crippen LogP contribution in [-0.2, 0) is 16.6 Å². The molecule has 0 radical (unpaired) electrons. The van der Waals surface area contributed by atoms with E-state index in [1.54, 1.807) is 6.92 Å². The molecular formula is C8H16N4O3S. The maximum absolute atomic E-state index is 11.7. The molecule has 8 heteroatoms. The van der Waals surface area contributed by atoms with Gasteiger partial charge in [-0.2, -0.15) is 4.98 Å². The topological polar surface area (TPSA) is 97.1 Å². The Morgan fingerprint density at radius 2 is 2.31 bits per heavy atom. The van der Waals surface area contributed by atoms with Gasteiger partial charge in [0, 0.05) is 6.54 Å². The largest absolute Gasteiger partial charge is 0.343 e. The first-order valence-electron chi connectivity index (χ1n) is 5.00. The average molecular weight is 248 g/mol. The summed E-state index contributed by atoms with van der Waals surface area (Å²) in [4.78, 5) is 3.72. The van der Waals surface area contributed by atoms with Gasteiger partial charge in [0.05, 0.1) is 11.8 Å². The fraction of sp³-hybridized carbons (Fsp3) is 0.750. The predicted molar refractivity (Wildman–Crippen MR) is 58.1 cm³/mol. The lowest BCUT2D eigenvalue weighted by atomic mass is 10.5. The maximum Gasteiger partial charge on any atom is 0.215 e. The number of hydrogen-bond donors (Lipinski definition) is 2. The van der Waals surface area contributed by atoms with Crippen LogP contribution in [0.3, 0.4) is 0 Å². The number of nitrogens with one attached hydrogen (secondary N) is 2. The van der Waals surface area contributed by atoms with Crippen LogP contribution in [-0.4, -0.2) is 36.9 Å². The molecule has 0 aliphatic carbocycles. The summed E-state index contributed by atoms with van der Waals surface area (Å²) < 4.78 is 30.3. The Labute approximate surface area is 94.7 Å². The third-order valence-electron chi connectivity index (χ3n) is 2.05. The molecule has 0 spiro atoms. The van der Waals surface area contributed by atoms with E-state index >= 15 is 0 Å².